The van der Waals surface area contributed by atoms with Crippen molar-refractivity contribution in [2.24, 2.45) is 5.92 Å². The molecule has 0 saturated heterocycles. The Morgan fingerprint density at radius 1 is 1.03 bits per heavy atom. The molecule has 0 spiro atoms. The highest BCUT2D eigenvalue weighted by atomic mass is 16.5. The SMILES string of the molecule is CC(C)CN(CC(O)C(=O)O)C(=O)N[C@@H](Cc1cccc2ccccc12)C(=O)NO. The fraction of sp³-hybridized carbons (Fsp3) is 0.381. The fourth-order valence-corrected chi connectivity index (χ4v) is 3.19. The normalized spacial score (nSPS) is 13.0. The summed E-state index contributed by atoms with van der Waals surface area (Å²) in [6, 6.07) is 11.4. The van der Waals surface area contributed by atoms with Crippen molar-refractivity contribution in [2.45, 2.75) is 32.4 Å². The highest BCUT2D eigenvalue weighted by Crippen LogP contribution is 2.20. The van der Waals surface area contributed by atoms with Gasteiger partial charge in [-0.3, -0.25) is 10.0 Å². The van der Waals surface area contributed by atoms with E-state index in [0.717, 1.165) is 21.2 Å². The van der Waals surface area contributed by atoms with Crippen LogP contribution in [-0.4, -0.2) is 63.5 Å². The fourth-order valence-electron chi connectivity index (χ4n) is 3.19. The number of rotatable bonds is 9. The number of carboxylic acid groups (broad SMARTS) is 1. The quantitative estimate of drug-likeness (QED) is 0.308. The number of aliphatic hydroxyl groups excluding tert-OH is 1. The van der Waals surface area contributed by atoms with Crippen molar-refractivity contribution in [3.8, 4) is 0 Å². The van der Waals surface area contributed by atoms with Gasteiger partial charge in [-0.1, -0.05) is 56.3 Å². The summed E-state index contributed by atoms with van der Waals surface area (Å²) in [5.41, 5.74) is 2.36. The first-order chi connectivity index (χ1) is 14.2. The number of nitrogens with zero attached hydrogens (tertiary/aromatic N) is 1. The van der Waals surface area contributed by atoms with Crippen LogP contribution in [0.15, 0.2) is 42.5 Å². The lowest BCUT2D eigenvalue weighted by atomic mass is 9.98. The summed E-state index contributed by atoms with van der Waals surface area (Å²) < 4.78 is 0. The number of hydrogen-bond acceptors (Lipinski definition) is 5. The minimum atomic E-state index is -1.75. The molecule has 0 bridgehead atoms. The van der Waals surface area contributed by atoms with Gasteiger partial charge >= 0.3 is 12.0 Å². The molecule has 0 aliphatic heterocycles. The van der Waals surface area contributed by atoms with Gasteiger partial charge in [-0.2, -0.15) is 0 Å². The topological polar surface area (TPSA) is 139 Å². The number of hydroxylamine groups is 1. The first kappa shape index (κ1) is 23.1. The number of nitrogens with one attached hydrogen (secondary N) is 2. The Labute approximate surface area is 174 Å². The standard InChI is InChI=1S/C21H27N3O6/c1-13(2)11-24(12-18(25)20(27)28)21(29)22-17(19(26)23-30)10-15-8-5-7-14-6-3-4-9-16(14)15/h3-9,13,17-18,25,30H,10-12H2,1-2H3,(H,22,29)(H,23,26)(H,27,28)/t17-,18?/m0/s1. The molecule has 162 valence electrons. The second-order valence-electron chi connectivity index (χ2n) is 7.47. The third-order valence-corrected chi connectivity index (χ3v) is 4.58. The summed E-state index contributed by atoms with van der Waals surface area (Å²) in [5.74, 6) is -2.25. The Kier molecular flexibility index (Phi) is 8.14. The molecule has 1 unspecified atom stereocenters. The molecule has 3 amide bonds. The highest BCUT2D eigenvalue weighted by Gasteiger charge is 2.27. The zero-order valence-electron chi connectivity index (χ0n) is 16.9. The number of benzene rings is 2. The van der Waals surface area contributed by atoms with Crippen LogP contribution in [0.1, 0.15) is 19.4 Å². The number of aliphatic carboxylic acids is 1. The summed E-state index contributed by atoms with van der Waals surface area (Å²) in [6.45, 7) is 3.42. The zero-order valence-corrected chi connectivity index (χ0v) is 16.9. The Morgan fingerprint density at radius 2 is 1.70 bits per heavy atom. The van der Waals surface area contributed by atoms with E-state index in [1.54, 1.807) is 5.48 Å². The molecule has 0 aromatic heterocycles. The van der Waals surface area contributed by atoms with E-state index in [0.29, 0.717) is 0 Å². The van der Waals surface area contributed by atoms with Crippen molar-refractivity contribution in [3.63, 3.8) is 0 Å². The van der Waals surface area contributed by atoms with E-state index in [2.05, 4.69) is 5.32 Å². The van der Waals surface area contributed by atoms with E-state index in [1.807, 2.05) is 56.3 Å². The summed E-state index contributed by atoms with van der Waals surface area (Å²) in [6.07, 6.45) is -1.64. The van der Waals surface area contributed by atoms with Gasteiger partial charge in [0.05, 0.1) is 6.54 Å². The highest BCUT2D eigenvalue weighted by molar-refractivity contribution is 5.89. The van der Waals surface area contributed by atoms with Crippen molar-refractivity contribution in [1.29, 1.82) is 0 Å². The van der Waals surface area contributed by atoms with Gasteiger partial charge in [0, 0.05) is 13.0 Å². The second kappa shape index (κ2) is 10.6. The smallest absolute Gasteiger partial charge is 0.334 e. The third kappa shape index (κ3) is 6.16. The van der Waals surface area contributed by atoms with E-state index < -0.39 is 36.6 Å². The molecule has 2 aromatic carbocycles. The van der Waals surface area contributed by atoms with Gasteiger partial charge in [0.2, 0.25) is 0 Å². The summed E-state index contributed by atoms with van der Waals surface area (Å²) in [5, 5.41) is 32.2. The molecular weight excluding hydrogens is 390 g/mol. The van der Waals surface area contributed by atoms with Crippen LogP contribution in [0.25, 0.3) is 10.8 Å². The van der Waals surface area contributed by atoms with Crippen molar-refractivity contribution >= 4 is 28.7 Å². The Bertz CT molecular complexity index is 896. The maximum absolute atomic E-state index is 12.8. The van der Waals surface area contributed by atoms with Crippen LogP contribution in [0, 0.1) is 5.92 Å². The average molecular weight is 417 g/mol. The third-order valence-electron chi connectivity index (χ3n) is 4.58. The largest absolute Gasteiger partial charge is 0.479 e. The molecule has 9 nitrogen and oxygen atoms in total. The van der Waals surface area contributed by atoms with E-state index in [-0.39, 0.29) is 18.9 Å². The number of hydrogen-bond donors (Lipinski definition) is 5. The monoisotopic (exact) mass is 417 g/mol. The number of aliphatic hydroxyl groups is 1. The minimum Gasteiger partial charge on any atom is -0.479 e. The Hall–Kier alpha value is -3.17. The number of carbonyl (C=O) groups excluding carboxylic acids is 2. The predicted molar refractivity (Wildman–Crippen MR) is 110 cm³/mol. The molecule has 0 fully saturated rings. The minimum absolute atomic E-state index is 0.0000646. The first-order valence-electron chi connectivity index (χ1n) is 9.59. The van der Waals surface area contributed by atoms with Crippen LogP contribution in [0.5, 0.6) is 0 Å². The van der Waals surface area contributed by atoms with Crippen molar-refractivity contribution in [3.05, 3.63) is 48.0 Å². The molecule has 0 aliphatic carbocycles. The van der Waals surface area contributed by atoms with Crippen LogP contribution in [-0.2, 0) is 16.0 Å². The van der Waals surface area contributed by atoms with Gasteiger partial charge in [-0.25, -0.2) is 15.1 Å². The number of urea groups is 1. The van der Waals surface area contributed by atoms with Gasteiger partial charge in [0.1, 0.15) is 6.04 Å². The molecule has 0 radical (unpaired) electrons. The van der Waals surface area contributed by atoms with E-state index >= 15 is 0 Å². The lowest BCUT2D eigenvalue weighted by molar-refractivity contribution is -0.147. The van der Waals surface area contributed by atoms with E-state index in [9.17, 15) is 19.5 Å². The lowest BCUT2D eigenvalue weighted by Gasteiger charge is -2.28. The van der Waals surface area contributed by atoms with Crippen LogP contribution >= 0.6 is 0 Å². The first-order valence-corrected chi connectivity index (χ1v) is 9.59. The van der Waals surface area contributed by atoms with E-state index in [4.69, 9.17) is 10.3 Å². The molecule has 30 heavy (non-hydrogen) atoms. The van der Waals surface area contributed by atoms with Crippen LogP contribution < -0.4 is 10.8 Å². The Morgan fingerprint density at radius 3 is 2.33 bits per heavy atom. The summed E-state index contributed by atoms with van der Waals surface area (Å²) in [4.78, 5) is 37.1. The maximum atomic E-state index is 12.8. The van der Waals surface area contributed by atoms with Gasteiger partial charge < -0.3 is 20.4 Å². The molecule has 9 heteroatoms. The van der Waals surface area contributed by atoms with E-state index in [1.165, 1.54) is 0 Å². The van der Waals surface area contributed by atoms with Crippen LogP contribution in [0.4, 0.5) is 4.79 Å². The van der Waals surface area contributed by atoms with Crippen LogP contribution in [0.3, 0.4) is 0 Å². The van der Waals surface area contributed by atoms with Crippen molar-refractivity contribution in [2.75, 3.05) is 13.1 Å². The van der Waals surface area contributed by atoms with Gasteiger partial charge in [-0.05, 0) is 22.3 Å². The molecule has 2 rings (SSSR count). The molecule has 0 saturated carbocycles. The van der Waals surface area contributed by atoms with Gasteiger partial charge in [-0.15, -0.1) is 0 Å². The molecule has 2 aromatic rings. The summed E-state index contributed by atoms with van der Waals surface area (Å²) in [7, 11) is 0. The maximum Gasteiger partial charge on any atom is 0.334 e. The van der Waals surface area contributed by atoms with Crippen molar-refractivity contribution in [1.82, 2.24) is 15.7 Å². The predicted octanol–water partition coefficient (Wildman–Crippen LogP) is 1.37. The molecular formula is C21H27N3O6. The summed E-state index contributed by atoms with van der Waals surface area (Å²) >= 11 is 0. The molecule has 2 atom stereocenters. The average Bonchev–Trinajstić information content (AvgIpc) is 2.71. The molecule has 5 N–H and O–H groups in total. The van der Waals surface area contributed by atoms with Gasteiger partial charge in [0.15, 0.2) is 6.10 Å². The Balaban J connectivity index is 2.24. The second-order valence-corrected chi connectivity index (χ2v) is 7.47. The number of carboxylic acids is 1. The molecule has 0 aliphatic rings. The zero-order chi connectivity index (χ0) is 22.3. The lowest BCUT2D eigenvalue weighted by Crippen LogP contribution is -2.54. The van der Waals surface area contributed by atoms with Crippen LogP contribution in [0.2, 0.25) is 0 Å². The number of carbonyl (C=O) groups is 3. The number of amides is 3. The number of fused-ring (bicyclic) bond motifs is 1. The van der Waals surface area contributed by atoms with Crippen molar-refractivity contribution < 1.29 is 29.8 Å². The molecule has 0 heterocycles. The van der Waals surface area contributed by atoms with Gasteiger partial charge in [0.25, 0.3) is 5.91 Å².